The molecule has 0 aliphatic carbocycles. The largest absolute Gasteiger partial charge is 0.313 e. The van der Waals surface area contributed by atoms with Gasteiger partial charge in [0.2, 0.25) is 0 Å². The van der Waals surface area contributed by atoms with E-state index in [1.165, 1.54) is 12.8 Å². The Labute approximate surface area is 122 Å². The van der Waals surface area contributed by atoms with E-state index >= 15 is 0 Å². The van der Waals surface area contributed by atoms with Gasteiger partial charge < -0.3 is 5.32 Å². The molecule has 0 saturated carbocycles. The molecule has 1 aromatic rings. The van der Waals surface area contributed by atoms with Gasteiger partial charge in [0.25, 0.3) is 0 Å². The summed E-state index contributed by atoms with van der Waals surface area (Å²) in [6.45, 7) is 13.1. The van der Waals surface area contributed by atoms with E-state index in [0.29, 0.717) is 12.1 Å². The first kappa shape index (κ1) is 15.4. The summed E-state index contributed by atoms with van der Waals surface area (Å²) in [5, 5.41) is 7.98. The van der Waals surface area contributed by atoms with Crippen LogP contribution >= 0.6 is 0 Å². The van der Waals surface area contributed by atoms with Crippen molar-refractivity contribution in [2.45, 2.75) is 65.7 Å². The normalized spacial score (nSPS) is 25.1. The fraction of sp³-hybridized carbons (Fsp3) is 0.867. The Kier molecular flexibility index (Phi) is 5.54. The molecule has 114 valence electrons. The third kappa shape index (κ3) is 4.03. The number of nitrogens with zero attached hydrogens (tertiary/aromatic N) is 4. The van der Waals surface area contributed by atoms with Crippen LogP contribution in [0.5, 0.6) is 0 Å². The van der Waals surface area contributed by atoms with Crippen LogP contribution in [0.25, 0.3) is 0 Å². The van der Waals surface area contributed by atoms with Crippen molar-refractivity contribution >= 4 is 0 Å². The molecule has 1 saturated heterocycles. The zero-order valence-electron chi connectivity index (χ0n) is 13.3. The lowest BCUT2D eigenvalue weighted by Gasteiger charge is -2.29. The molecule has 1 aliphatic heterocycles. The van der Waals surface area contributed by atoms with E-state index in [1.807, 2.05) is 4.68 Å². The van der Waals surface area contributed by atoms with E-state index < -0.39 is 0 Å². The summed E-state index contributed by atoms with van der Waals surface area (Å²) in [6, 6.07) is 1.19. The molecule has 2 atom stereocenters. The van der Waals surface area contributed by atoms with Gasteiger partial charge in [0.1, 0.15) is 12.2 Å². The molecule has 0 bridgehead atoms. The molecule has 2 heterocycles. The summed E-state index contributed by atoms with van der Waals surface area (Å²) in [5.41, 5.74) is 0. The monoisotopic (exact) mass is 279 g/mol. The molecule has 5 nitrogen and oxygen atoms in total. The van der Waals surface area contributed by atoms with E-state index in [-0.39, 0.29) is 0 Å². The second-order valence-electron chi connectivity index (χ2n) is 6.34. The van der Waals surface area contributed by atoms with Gasteiger partial charge in [-0.25, -0.2) is 9.67 Å². The van der Waals surface area contributed by atoms with Crippen LogP contribution in [0.1, 0.15) is 46.4 Å². The Hall–Kier alpha value is -0.940. The molecule has 0 radical (unpaired) electrons. The van der Waals surface area contributed by atoms with Crippen molar-refractivity contribution in [1.29, 1.82) is 0 Å². The zero-order chi connectivity index (χ0) is 14.5. The van der Waals surface area contributed by atoms with E-state index in [2.05, 4.69) is 48.0 Å². The lowest BCUT2D eigenvalue weighted by atomic mass is 10.0. The summed E-state index contributed by atoms with van der Waals surface area (Å²) in [4.78, 5) is 6.98. The molecule has 1 aromatic heterocycles. The van der Waals surface area contributed by atoms with Crippen LogP contribution in [0.2, 0.25) is 0 Å². The van der Waals surface area contributed by atoms with Crippen LogP contribution in [0.15, 0.2) is 6.33 Å². The molecule has 1 aliphatic rings. The van der Waals surface area contributed by atoms with Gasteiger partial charge in [-0.3, -0.25) is 4.90 Å². The topological polar surface area (TPSA) is 46.0 Å². The first-order valence-electron chi connectivity index (χ1n) is 7.94. The van der Waals surface area contributed by atoms with Crippen LogP contribution < -0.4 is 5.32 Å². The van der Waals surface area contributed by atoms with E-state index in [4.69, 9.17) is 0 Å². The first-order valence-corrected chi connectivity index (χ1v) is 7.94. The summed E-state index contributed by atoms with van der Waals surface area (Å²) in [6.07, 6.45) is 4.11. The average Bonchev–Trinajstić information content (AvgIpc) is 2.76. The van der Waals surface area contributed by atoms with Crippen molar-refractivity contribution in [2.24, 2.45) is 5.92 Å². The minimum absolute atomic E-state index is 0.595. The summed E-state index contributed by atoms with van der Waals surface area (Å²) in [7, 11) is 0. The molecule has 0 aromatic carbocycles. The molecule has 2 unspecified atom stereocenters. The van der Waals surface area contributed by atoms with Gasteiger partial charge in [-0.1, -0.05) is 13.8 Å². The van der Waals surface area contributed by atoms with Gasteiger partial charge in [-0.05, 0) is 39.2 Å². The first-order chi connectivity index (χ1) is 9.60. The van der Waals surface area contributed by atoms with Gasteiger partial charge >= 0.3 is 0 Å². The smallest absolute Gasteiger partial charge is 0.141 e. The highest BCUT2D eigenvalue weighted by Gasteiger charge is 2.24. The molecule has 0 amide bonds. The van der Waals surface area contributed by atoms with Crippen molar-refractivity contribution in [1.82, 2.24) is 25.0 Å². The fourth-order valence-electron chi connectivity index (χ4n) is 3.01. The van der Waals surface area contributed by atoms with Crippen LogP contribution in [-0.2, 0) is 13.1 Å². The predicted octanol–water partition coefficient (Wildman–Crippen LogP) is 1.90. The highest BCUT2D eigenvalue weighted by molar-refractivity contribution is 4.89. The van der Waals surface area contributed by atoms with Gasteiger partial charge in [0, 0.05) is 25.2 Å². The molecule has 20 heavy (non-hydrogen) atoms. The quantitative estimate of drug-likeness (QED) is 0.894. The fourth-order valence-corrected chi connectivity index (χ4v) is 3.01. The van der Waals surface area contributed by atoms with Crippen molar-refractivity contribution in [3.8, 4) is 0 Å². The molecule has 0 spiro atoms. The lowest BCUT2D eigenvalue weighted by Crippen LogP contribution is -2.40. The zero-order valence-corrected chi connectivity index (χ0v) is 13.3. The average molecular weight is 279 g/mol. The molecule has 1 fully saturated rings. The SMILES string of the molecule is CCn1ncnc1CN1CC(CC(C)C)NCCC1C. The highest BCUT2D eigenvalue weighted by Crippen LogP contribution is 2.16. The van der Waals surface area contributed by atoms with Crippen LogP contribution in [0.3, 0.4) is 0 Å². The lowest BCUT2D eigenvalue weighted by molar-refractivity contribution is 0.182. The van der Waals surface area contributed by atoms with Crippen molar-refractivity contribution in [3.05, 3.63) is 12.2 Å². The van der Waals surface area contributed by atoms with Crippen LogP contribution in [-0.4, -0.2) is 44.8 Å². The Balaban J connectivity index is 2.03. The molecular formula is C15H29N5. The number of aromatic nitrogens is 3. The maximum atomic E-state index is 4.42. The number of hydrogen-bond donors (Lipinski definition) is 1. The third-order valence-corrected chi connectivity index (χ3v) is 4.17. The number of rotatable bonds is 5. The second kappa shape index (κ2) is 7.18. The number of hydrogen-bond acceptors (Lipinski definition) is 4. The van der Waals surface area contributed by atoms with Crippen molar-refractivity contribution in [3.63, 3.8) is 0 Å². The molecule has 5 heteroatoms. The van der Waals surface area contributed by atoms with Crippen LogP contribution in [0, 0.1) is 5.92 Å². The Bertz CT molecular complexity index is 401. The van der Waals surface area contributed by atoms with E-state index in [0.717, 1.165) is 37.9 Å². The minimum atomic E-state index is 0.595. The third-order valence-electron chi connectivity index (χ3n) is 4.17. The van der Waals surface area contributed by atoms with Gasteiger partial charge in [0.05, 0.1) is 6.54 Å². The Morgan fingerprint density at radius 1 is 1.45 bits per heavy atom. The Morgan fingerprint density at radius 3 is 2.95 bits per heavy atom. The standard InChI is InChI=1S/C15H29N5/c1-5-20-15(17-11-18-20)10-19-9-14(8-12(2)3)16-7-6-13(19)4/h11-14,16H,5-10H2,1-4H3. The predicted molar refractivity (Wildman–Crippen MR) is 81.4 cm³/mol. The van der Waals surface area contributed by atoms with Crippen molar-refractivity contribution < 1.29 is 0 Å². The second-order valence-corrected chi connectivity index (χ2v) is 6.34. The van der Waals surface area contributed by atoms with Gasteiger partial charge in [-0.2, -0.15) is 5.10 Å². The van der Waals surface area contributed by atoms with E-state index in [9.17, 15) is 0 Å². The maximum Gasteiger partial charge on any atom is 0.141 e. The van der Waals surface area contributed by atoms with E-state index in [1.54, 1.807) is 6.33 Å². The summed E-state index contributed by atoms with van der Waals surface area (Å²) >= 11 is 0. The van der Waals surface area contributed by atoms with Gasteiger partial charge in [0.15, 0.2) is 0 Å². The highest BCUT2D eigenvalue weighted by atomic mass is 15.3. The molecule has 2 rings (SSSR count). The Morgan fingerprint density at radius 2 is 2.25 bits per heavy atom. The number of aryl methyl sites for hydroxylation is 1. The van der Waals surface area contributed by atoms with Crippen LogP contribution in [0.4, 0.5) is 0 Å². The van der Waals surface area contributed by atoms with Crippen molar-refractivity contribution in [2.75, 3.05) is 13.1 Å². The maximum absolute atomic E-state index is 4.42. The molecule has 1 N–H and O–H groups in total. The minimum Gasteiger partial charge on any atom is -0.313 e. The van der Waals surface area contributed by atoms with Gasteiger partial charge in [-0.15, -0.1) is 0 Å². The summed E-state index contributed by atoms with van der Waals surface area (Å²) < 4.78 is 2.00. The summed E-state index contributed by atoms with van der Waals surface area (Å²) in [5.74, 6) is 1.83. The molecular weight excluding hydrogens is 250 g/mol. The number of nitrogens with one attached hydrogen (secondary N) is 1.